The molecule has 0 bridgehead atoms. The van der Waals surface area contributed by atoms with Gasteiger partial charge in [0, 0.05) is 26.2 Å². The Morgan fingerprint density at radius 3 is 2.42 bits per heavy atom. The van der Waals surface area contributed by atoms with E-state index < -0.39 is 22.9 Å². The van der Waals surface area contributed by atoms with Crippen LogP contribution in [-0.2, 0) is 17.5 Å². The van der Waals surface area contributed by atoms with Crippen molar-refractivity contribution < 1.29 is 31.8 Å². The predicted octanol–water partition coefficient (Wildman–Crippen LogP) is 4.36. The lowest BCUT2D eigenvalue weighted by molar-refractivity contribution is -0.152. The third kappa shape index (κ3) is 4.93. The van der Waals surface area contributed by atoms with Crippen molar-refractivity contribution in [3.63, 3.8) is 0 Å². The van der Waals surface area contributed by atoms with Gasteiger partial charge in [-0.3, -0.25) is 14.6 Å². The summed E-state index contributed by atoms with van der Waals surface area (Å²) in [7, 11) is 1.46. The van der Waals surface area contributed by atoms with Gasteiger partial charge in [-0.25, -0.2) is 0 Å². The average molecular weight is 505 g/mol. The molecule has 1 fully saturated rings. The molecular formula is C26H27F3N2O5. The first kappa shape index (κ1) is 24.6. The summed E-state index contributed by atoms with van der Waals surface area (Å²) in [5.74, 6) is -0.416. The average Bonchev–Trinajstić information content (AvgIpc) is 2.88. The zero-order chi connectivity index (χ0) is 25.3. The van der Waals surface area contributed by atoms with Crippen molar-refractivity contribution in [2.24, 2.45) is 0 Å². The Morgan fingerprint density at radius 1 is 1.00 bits per heavy atom. The Balaban J connectivity index is 1.48. The van der Waals surface area contributed by atoms with E-state index in [0.29, 0.717) is 36.9 Å². The summed E-state index contributed by atoms with van der Waals surface area (Å²) in [6.45, 7) is 5.50. The molecule has 0 saturated carbocycles. The number of ether oxygens (including phenoxy) is 3. The van der Waals surface area contributed by atoms with Gasteiger partial charge in [-0.15, -0.1) is 0 Å². The van der Waals surface area contributed by atoms with Crippen LogP contribution in [0.1, 0.15) is 17.7 Å². The van der Waals surface area contributed by atoms with E-state index in [2.05, 4.69) is 4.90 Å². The summed E-state index contributed by atoms with van der Waals surface area (Å²) in [6.07, 6.45) is -3.98. The van der Waals surface area contributed by atoms with Gasteiger partial charge < -0.3 is 18.6 Å². The molecule has 10 heteroatoms. The minimum absolute atomic E-state index is 0.0834. The van der Waals surface area contributed by atoms with E-state index in [0.717, 1.165) is 39.3 Å². The largest absolute Gasteiger partial charge is 0.497 e. The van der Waals surface area contributed by atoms with Crippen molar-refractivity contribution >= 4 is 11.0 Å². The van der Waals surface area contributed by atoms with Gasteiger partial charge >= 0.3 is 6.18 Å². The first-order valence-electron chi connectivity index (χ1n) is 11.8. The Bertz CT molecular complexity index is 1280. The van der Waals surface area contributed by atoms with E-state index in [4.69, 9.17) is 18.6 Å². The number of methoxy groups -OCH3 is 1. The highest BCUT2D eigenvalue weighted by Gasteiger charge is 2.40. The molecule has 0 N–H and O–H groups in total. The molecule has 0 atom stereocenters. The molecule has 1 aromatic heterocycles. The molecule has 0 amide bonds. The molecule has 5 rings (SSSR count). The Morgan fingerprint density at radius 2 is 1.72 bits per heavy atom. The summed E-state index contributed by atoms with van der Waals surface area (Å²) in [6, 6.07) is 8.96. The van der Waals surface area contributed by atoms with E-state index in [-0.39, 0.29) is 16.5 Å². The second-order valence-corrected chi connectivity index (χ2v) is 8.91. The van der Waals surface area contributed by atoms with E-state index in [1.54, 1.807) is 6.07 Å². The fraction of sp³-hybridized carbons (Fsp3) is 0.423. The molecule has 1 saturated heterocycles. The van der Waals surface area contributed by atoms with Crippen LogP contribution in [0, 0.1) is 0 Å². The number of hydrogen-bond donors (Lipinski definition) is 0. The van der Waals surface area contributed by atoms with Crippen molar-refractivity contribution in [3.05, 3.63) is 57.9 Å². The van der Waals surface area contributed by atoms with Crippen molar-refractivity contribution in [2.45, 2.75) is 19.1 Å². The van der Waals surface area contributed by atoms with Crippen LogP contribution in [-0.4, -0.2) is 63.0 Å². The van der Waals surface area contributed by atoms with Crippen molar-refractivity contribution in [1.29, 1.82) is 0 Å². The number of rotatable bonds is 6. The molecule has 0 spiro atoms. The van der Waals surface area contributed by atoms with Crippen LogP contribution in [0.5, 0.6) is 11.5 Å². The quantitative estimate of drug-likeness (QED) is 0.494. The van der Waals surface area contributed by atoms with Crippen molar-refractivity contribution in [2.75, 3.05) is 53.2 Å². The maximum absolute atomic E-state index is 14.1. The predicted molar refractivity (Wildman–Crippen MR) is 127 cm³/mol. The minimum Gasteiger partial charge on any atom is -0.497 e. The number of benzene rings is 2. The second-order valence-electron chi connectivity index (χ2n) is 8.91. The summed E-state index contributed by atoms with van der Waals surface area (Å²) in [5, 5.41) is 0.0892. The van der Waals surface area contributed by atoms with Gasteiger partial charge in [0.25, 0.3) is 0 Å². The van der Waals surface area contributed by atoms with E-state index in [1.165, 1.54) is 37.4 Å². The van der Waals surface area contributed by atoms with Gasteiger partial charge in [0.2, 0.25) is 11.2 Å². The number of halogens is 3. The maximum Gasteiger partial charge on any atom is 0.450 e. The van der Waals surface area contributed by atoms with Gasteiger partial charge in [-0.05, 0) is 42.8 Å². The van der Waals surface area contributed by atoms with Crippen molar-refractivity contribution in [3.8, 4) is 22.6 Å². The van der Waals surface area contributed by atoms with Crippen LogP contribution in [0.3, 0.4) is 0 Å². The number of alkyl halides is 3. The van der Waals surface area contributed by atoms with E-state index in [9.17, 15) is 18.0 Å². The third-order valence-corrected chi connectivity index (χ3v) is 6.59. The number of fused-ring (bicyclic) bond motifs is 3. The molecule has 192 valence electrons. The highest BCUT2D eigenvalue weighted by molar-refractivity contribution is 5.87. The van der Waals surface area contributed by atoms with Crippen LogP contribution in [0.2, 0.25) is 0 Å². The SMILES string of the molecule is COc1ccc(-c2c(C(F)(F)F)oc3c4c(ccc3c2=O)OCN(CCCN2CCOCC2)C4)cc1. The van der Waals surface area contributed by atoms with Crippen LogP contribution in [0.15, 0.2) is 45.6 Å². The molecule has 7 nitrogen and oxygen atoms in total. The van der Waals surface area contributed by atoms with E-state index in [1.807, 2.05) is 4.90 Å². The lowest BCUT2D eigenvalue weighted by Gasteiger charge is -2.31. The van der Waals surface area contributed by atoms with E-state index >= 15 is 0 Å². The molecule has 3 aromatic rings. The number of nitrogens with zero attached hydrogens (tertiary/aromatic N) is 2. The third-order valence-electron chi connectivity index (χ3n) is 6.59. The molecule has 2 aliphatic heterocycles. The van der Waals surface area contributed by atoms with Crippen LogP contribution >= 0.6 is 0 Å². The Hall–Kier alpha value is -3.08. The zero-order valence-corrected chi connectivity index (χ0v) is 19.9. The normalized spacial score (nSPS) is 17.1. The topological polar surface area (TPSA) is 64.4 Å². The smallest absolute Gasteiger partial charge is 0.450 e. The van der Waals surface area contributed by atoms with Gasteiger partial charge in [0.1, 0.15) is 23.8 Å². The molecule has 2 aliphatic rings. The number of hydrogen-bond acceptors (Lipinski definition) is 7. The summed E-state index contributed by atoms with van der Waals surface area (Å²) in [4.78, 5) is 17.7. The minimum atomic E-state index is -4.86. The highest BCUT2D eigenvalue weighted by Crippen LogP contribution is 2.40. The van der Waals surface area contributed by atoms with Crippen LogP contribution < -0.4 is 14.9 Å². The first-order valence-corrected chi connectivity index (χ1v) is 11.8. The molecule has 0 aliphatic carbocycles. The lowest BCUT2D eigenvalue weighted by Crippen LogP contribution is -2.39. The van der Waals surface area contributed by atoms with Gasteiger partial charge in [0.15, 0.2) is 0 Å². The zero-order valence-electron chi connectivity index (χ0n) is 19.9. The monoisotopic (exact) mass is 504 g/mol. The van der Waals surface area contributed by atoms with Gasteiger partial charge in [-0.2, -0.15) is 13.2 Å². The molecule has 0 radical (unpaired) electrons. The van der Waals surface area contributed by atoms with Gasteiger partial charge in [-0.1, -0.05) is 12.1 Å². The molecule has 36 heavy (non-hydrogen) atoms. The summed E-state index contributed by atoms with van der Waals surface area (Å²) in [5.41, 5.74) is -0.774. The van der Waals surface area contributed by atoms with Gasteiger partial charge in [0.05, 0.1) is 36.8 Å². The lowest BCUT2D eigenvalue weighted by atomic mass is 9.99. The Kier molecular flexibility index (Phi) is 6.92. The van der Waals surface area contributed by atoms with Crippen LogP contribution in [0.4, 0.5) is 13.2 Å². The first-order chi connectivity index (χ1) is 17.3. The molecule has 2 aromatic carbocycles. The number of morpholine rings is 1. The molecular weight excluding hydrogens is 477 g/mol. The summed E-state index contributed by atoms with van der Waals surface area (Å²) >= 11 is 0. The molecule has 0 unspecified atom stereocenters. The standard InChI is InChI=1S/C26H27F3N2O5/c1-33-18-5-3-17(4-6-18)22-23(32)19-7-8-21-20(24(19)36-25(22)26(27,28)29)15-31(16-35-21)10-2-9-30-11-13-34-14-12-30/h3-8H,2,9-16H2,1H3. The van der Waals surface area contributed by atoms with Crippen LogP contribution in [0.25, 0.3) is 22.1 Å². The fourth-order valence-corrected chi connectivity index (χ4v) is 4.72. The second kappa shape index (κ2) is 10.1. The fourth-order valence-electron chi connectivity index (χ4n) is 4.72. The maximum atomic E-state index is 14.1. The van der Waals surface area contributed by atoms with Crippen molar-refractivity contribution in [1.82, 2.24) is 9.80 Å². The molecule has 3 heterocycles. The summed E-state index contributed by atoms with van der Waals surface area (Å²) < 4.78 is 64.2. The Labute approximate surface area is 205 Å². The highest BCUT2D eigenvalue weighted by atomic mass is 19.4.